The largest absolute Gasteiger partial charge is 0.481 e. The summed E-state index contributed by atoms with van der Waals surface area (Å²) >= 11 is 0. The van der Waals surface area contributed by atoms with Crippen LogP contribution in [0.1, 0.15) is 26.7 Å². The highest BCUT2D eigenvalue weighted by Gasteiger charge is 2.30. The molecule has 0 spiro atoms. The van der Waals surface area contributed by atoms with Gasteiger partial charge >= 0.3 is 5.97 Å². The zero-order valence-electron chi connectivity index (χ0n) is 12.4. The van der Waals surface area contributed by atoms with Crippen LogP contribution >= 0.6 is 0 Å². The van der Waals surface area contributed by atoms with E-state index >= 15 is 0 Å². The summed E-state index contributed by atoms with van der Waals surface area (Å²) in [6.07, 6.45) is 0.754. The van der Waals surface area contributed by atoms with Gasteiger partial charge in [-0.15, -0.1) is 0 Å². The van der Waals surface area contributed by atoms with Gasteiger partial charge in [0.2, 0.25) is 0 Å². The van der Waals surface area contributed by atoms with Crippen molar-refractivity contribution < 1.29 is 18.3 Å². The predicted octanol–water partition coefficient (Wildman–Crippen LogP) is -0.0424. The fraction of sp³-hybridized carbons (Fsp3) is 0.917. The van der Waals surface area contributed by atoms with Crippen molar-refractivity contribution in [2.24, 2.45) is 5.92 Å². The number of carbonyl (C=O) groups is 1. The molecular weight excluding hydrogens is 282 g/mol. The van der Waals surface area contributed by atoms with E-state index in [2.05, 4.69) is 9.62 Å². The minimum atomic E-state index is -3.49. The predicted molar refractivity (Wildman–Crippen MR) is 76.6 cm³/mol. The highest BCUT2D eigenvalue weighted by Crippen LogP contribution is 2.18. The van der Waals surface area contributed by atoms with Gasteiger partial charge in [-0.25, -0.2) is 4.72 Å². The lowest BCUT2D eigenvalue weighted by Gasteiger charge is -2.29. The highest BCUT2D eigenvalue weighted by atomic mass is 32.2. The molecular formula is C12H25N3O4S. The minimum absolute atomic E-state index is 0.270. The molecule has 0 unspecified atom stereocenters. The molecule has 0 atom stereocenters. The summed E-state index contributed by atoms with van der Waals surface area (Å²) in [5, 5.41) is 8.89. The second-order valence-electron chi connectivity index (χ2n) is 5.49. The molecule has 1 heterocycles. The fourth-order valence-electron chi connectivity index (χ4n) is 2.04. The summed E-state index contributed by atoms with van der Waals surface area (Å²) in [5.41, 5.74) is 0. The van der Waals surface area contributed by atoms with E-state index in [0.717, 1.165) is 0 Å². The number of rotatable bonds is 7. The minimum Gasteiger partial charge on any atom is -0.481 e. The van der Waals surface area contributed by atoms with Crippen molar-refractivity contribution in [1.82, 2.24) is 13.9 Å². The van der Waals surface area contributed by atoms with Crippen LogP contribution in [0.5, 0.6) is 0 Å². The number of carboxylic acid groups (broad SMARTS) is 1. The van der Waals surface area contributed by atoms with E-state index in [1.54, 1.807) is 0 Å². The van der Waals surface area contributed by atoms with Gasteiger partial charge in [0.05, 0.1) is 5.92 Å². The number of nitrogens with one attached hydrogen (secondary N) is 1. The Bertz CT molecular complexity index is 416. The number of hydrogen-bond donors (Lipinski definition) is 2. The Balaban J connectivity index is 2.40. The first-order valence-electron chi connectivity index (χ1n) is 6.92. The number of nitrogens with zero attached hydrogens (tertiary/aromatic N) is 2. The maximum Gasteiger partial charge on any atom is 0.306 e. The SMILES string of the molecule is CC(C)N(C)CCNS(=O)(=O)N1CCC(C(=O)O)CC1. The Morgan fingerprint density at radius 1 is 1.40 bits per heavy atom. The normalized spacial score (nSPS) is 18.9. The van der Waals surface area contributed by atoms with Gasteiger partial charge in [0, 0.05) is 32.2 Å². The third-order valence-corrected chi connectivity index (χ3v) is 5.39. The van der Waals surface area contributed by atoms with Crippen molar-refractivity contribution in [3.8, 4) is 0 Å². The average Bonchev–Trinajstić information content (AvgIpc) is 2.38. The summed E-state index contributed by atoms with van der Waals surface area (Å²) in [6, 6.07) is 0.366. The van der Waals surface area contributed by atoms with E-state index < -0.39 is 22.1 Å². The Kier molecular flexibility index (Phi) is 6.38. The molecule has 1 saturated heterocycles. The molecule has 2 N–H and O–H groups in total. The van der Waals surface area contributed by atoms with Crippen LogP contribution in [0, 0.1) is 5.92 Å². The molecule has 0 amide bonds. The Hall–Kier alpha value is -0.700. The molecule has 8 heteroatoms. The van der Waals surface area contributed by atoms with Crippen LogP contribution in [-0.2, 0) is 15.0 Å². The first kappa shape index (κ1) is 17.4. The second kappa shape index (κ2) is 7.35. The Morgan fingerprint density at radius 2 is 1.95 bits per heavy atom. The summed E-state index contributed by atoms with van der Waals surface area (Å²) < 4.78 is 28.0. The summed E-state index contributed by atoms with van der Waals surface area (Å²) in [7, 11) is -1.55. The van der Waals surface area contributed by atoms with Gasteiger partial charge < -0.3 is 10.0 Å². The molecule has 0 bridgehead atoms. The first-order valence-corrected chi connectivity index (χ1v) is 8.36. The van der Waals surface area contributed by atoms with E-state index in [4.69, 9.17) is 5.11 Å². The molecule has 0 aliphatic carbocycles. The standard InChI is InChI=1S/C12H25N3O4S/c1-10(2)14(3)9-6-13-20(18,19)15-7-4-11(5-8-15)12(16)17/h10-11,13H,4-9H2,1-3H3,(H,16,17). The quantitative estimate of drug-likeness (QED) is 0.689. The molecule has 0 aromatic rings. The Morgan fingerprint density at radius 3 is 2.40 bits per heavy atom. The lowest BCUT2D eigenvalue weighted by Crippen LogP contribution is -2.47. The van der Waals surface area contributed by atoms with Crippen molar-refractivity contribution in [1.29, 1.82) is 0 Å². The van der Waals surface area contributed by atoms with E-state index in [1.165, 1.54) is 4.31 Å². The molecule has 20 heavy (non-hydrogen) atoms. The van der Waals surface area contributed by atoms with Crippen LogP contribution in [0.3, 0.4) is 0 Å². The molecule has 0 radical (unpaired) electrons. The highest BCUT2D eigenvalue weighted by molar-refractivity contribution is 7.87. The van der Waals surface area contributed by atoms with Crippen molar-refractivity contribution in [3.05, 3.63) is 0 Å². The maximum absolute atomic E-state index is 12.1. The van der Waals surface area contributed by atoms with Gasteiger partial charge in [0.25, 0.3) is 10.2 Å². The zero-order valence-corrected chi connectivity index (χ0v) is 13.2. The summed E-state index contributed by atoms with van der Waals surface area (Å²) in [6.45, 7) is 5.63. The van der Waals surface area contributed by atoms with E-state index in [0.29, 0.717) is 32.0 Å². The summed E-state index contributed by atoms with van der Waals surface area (Å²) in [5.74, 6) is -1.26. The Labute approximate surface area is 121 Å². The molecule has 0 aromatic carbocycles. The van der Waals surface area contributed by atoms with E-state index in [-0.39, 0.29) is 13.1 Å². The van der Waals surface area contributed by atoms with Crippen LogP contribution < -0.4 is 4.72 Å². The number of carboxylic acids is 1. The first-order chi connectivity index (χ1) is 9.24. The topological polar surface area (TPSA) is 90.0 Å². The molecule has 1 rings (SSSR count). The molecule has 1 aliphatic heterocycles. The molecule has 0 saturated carbocycles. The number of aliphatic carboxylic acids is 1. The lowest BCUT2D eigenvalue weighted by atomic mass is 9.99. The lowest BCUT2D eigenvalue weighted by molar-refractivity contribution is -0.142. The molecule has 1 aliphatic rings. The van der Waals surface area contributed by atoms with Gasteiger partial charge in [-0.3, -0.25) is 4.79 Å². The summed E-state index contributed by atoms with van der Waals surface area (Å²) in [4.78, 5) is 12.9. The van der Waals surface area contributed by atoms with Gasteiger partial charge in [0.15, 0.2) is 0 Å². The zero-order chi connectivity index (χ0) is 15.3. The van der Waals surface area contributed by atoms with Crippen molar-refractivity contribution in [3.63, 3.8) is 0 Å². The van der Waals surface area contributed by atoms with Gasteiger partial charge in [0.1, 0.15) is 0 Å². The van der Waals surface area contributed by atoms with Crippen LogP contribution in [-0.4, -0.2) is 68.0 Å². The fourth-order valence-corrected chi connectivity index (χ4v) is 3.27. The number of piperidine rings is 1. The van der Waals surface area contributed by atoms with Crippen LogP contribution in [0.2, 0.25) is 0 Å². The molecule has 118 valence electrons. The number of hydrogen-bond acceptors (Lipinski definition) is 4. The molecule has 7 nitrogen and oxygen atoms in total. The van der Waals surface area contributed by atoms with Crippen LogP contribution in [0.15, 0.2) is 0 Å². The molecule has 0 aromatic heterocycles. The second-order valence-corrected chi connectivity index (χ2v) is 7.24. The third-order valence-electron chi connectivity index (χ3n) is 3.77. The van der Waals surface area contributed by atoms with E-state index in [9.17, 15) is 13.2 Å². The monoisotopic (exact) mass is 307 g/mol. The van der Waals surface area contributed by atoms with Gasteiger partial charge in [-0.1, -0.05) is 0 Å². The maximum atomic E-state index is 12.1. The third kappa shape index (κ3) is 5.01. The molecule has 1 fully saturated rings. The van der Waals surface area contributed by atoms with Gasteiger partial charge in [-0.05, 0) is 33.7 Å². The van der Waals surface area contributed by atoms with Crippen molar-refractivity contribution in [2.45, 2.75) is 32.7 Å². The smallest absolute Gasteiger partial charge is 0.306 e. The van der Waals surface area contributed by atoms with Crippen molar-refractivity contribution in [2.75, 3.05) is 33.2 Å². The van der Waals surface area contributed by atoms with Crippen LogP contribution in [0.25, 0.3) is 0 Å². The van der Waals surface area contributed by atoms with Crippen LogP contribution in [0.4, 0.5) is 0 Å². The van der Waals surface area contributed by atoms with Gasteiger partial charge in [-0.2, -0.15) is 12.7 Å². The van der Waals surface area contributed by atoms with Crippen molar-refractivity contribution >= 4 is 16.2 Å². The average molecular weight is 307 g/mol. The number of likely N-dealkylation sites (N-methyl/N-ethyl adjacent to an activating group) is 1. The van der Waals surface area contributed by atoms with E-state index in [1.807, 2.05) is 20.9 Å².